The van der Waals surface area contributed by atoms with E-state index >= 15 is 0 Å². The Bertz CT molecular complexity index is 425. The molecule has 0 radical (unpaired) electrons. The Balaban J connectivity index is 2.88. The highest BCUT2D eigenvalue weighted by molar-refractivity contribution is 7.12. The second-order valence-corrected chi connectivity index (χ2v) is 3.56. The number of carbonyl (C=O) groups is 1. The van der Waals surface area contributed by atoms with Crippen LogP contribution >= 0.6 is 11.3 Å². The third kappa shape index (κ3) is 2.70. The number of nitriles is 2. The smallest absolute Gasteiger partial charge is 0.345 e. The molecule has 1 N–H and O–H groups in total. The molecule has 6 heteroatoms. The summed E-state index contributed by atoms with van der Waals surface area (Å²) in [6, 6.07) is 5.30. The number of aromatic carboxylic acids is 1. The summed E-state index contributed by atoms with van der Waals surface area (Å²) in [5, 5.41) is 27.4. The molecule has 5 nitrogen and oxygen atoms in total. The van der Waals surface area contributed by atoms with Gasteiger partial charge in [0.15, 0.2) is 0 Å². The van der Waals surface area contributed by atoms with E-state index in [1.807, 2.05) is 12.1 Å². The van der Waals surface area contributed by atoms with Gasteiger partial charge in [-0.15, -0.1) is 11.3 Å². The second-order valence-electron chi connectivity index (χ2n) is 2.65. The zero-order valence-electron chi connectivity index (χ0n) is 7.67. The lowest BCUT2D eigenvalue weighted by Crippen LogP contribution is -2.23. The number of rotatable bonds is 4. The fraction of sp³-hybridized carbons (Fsp3) is 0.222. The molecule has 0 bridgehead atoms. The van der Waals surface area contributed by atoms with Gasteiger partial charge in [-0.25, -0.2) is 4.79 Å². The number of carboxylic acid groups (broad SMARTS) is 1. The van der Waals surface area contributed by atoms with Crippen molar-refractivity contribution in [2.75, 3.05) is 18.0 Å². The van der Waals surface area contributed by atoms with Gasteiger partial charge in [-0.1, -0.05) is 0 Å². The predicted octanol–water partition coefficient (Wildman–Crippen LogP) is 1.30. The van der Waals surface area contributed by atoms with E-state index in [9.17, 15) is 4.79 Å². The summed E-state index contributed by atoms with van der Waals surface area (Å²) in [5.41, 5.74) is 0.598. The molecule has 1 aromatic rings. The SMILES string of the molecule is N#CCN(CC#N)c1csc(C(=O)O)c1. The lowest BCUT2D eigenvalue weighted by molar-refractivity contribution is 0.0702. The number of thiophene rings is 1. The molecular formula is C9H7N3O2S. The Morgan fingerprint density at radius 3 is 2.47 bits per heavy atom. The van der Waals surface area contributed by atoms with Crippen molar-refractivity contribution in [3.63, 3.8) is 0 Å². The molecule has 0 fully saturated rings. The molecule has 0 aliphatic heterocycles. The van der Waals surface area contributed by atoms with Crippen molar-refractivity contribution in [3.05, 3.63) is 16.3 Å². The van der Waals surface area contributed by atoms with Crippen molar-refractivity contribution in [3.8, 4) is 12.1 Å². The quantitative estimate of drug-likeness (QED) is 0.774. The van der Waals surface area contributed by atoms with Crippen molar-refractivity contribution >= 4 is 23.0 Å². The average molecular weight is 221 g/mol. The molecular weight excluding hydrogens is 214 g/mol. The van der Waals surface area contributed by atoms with Gasteiger partial charge in [0.05, 0.1) is 17.8 Å². The van der Waals surface area contributed by atoms with Gasteiger partial charge in [0.1, 0.15) is 18.0 Å². The maximum absolute atomic E-state index is 10.6. The molecule has 0 spiro atoms. The van der Waals surface area contributed by atoms with Crippen LogP contribution in [0.15, 0.2) is 11.4 Å². The van der Waals surface area contributed by atoms with E-state index in [1.165, 1.54) is 11.0 Å². The first-order valence-electron chi connectivity index (χ1n) is 3.99. The van der Waals surface area contributed by atoms with Gasteiger partial charge in [-0.05, 0) is 6.07 Å². The van der Waals surface area contributed by atoms with Crippen LogP contribution < -0.4 is 4.90 Å². The number of hydrogen-bond donors (Lipinski definition) is 1. The molecule has 0 amide bonds. The lowest BCUT2D eigenvalue weighted by atomic mass is 10.3. The Morgan fingerprint density at radius 2 is 2.07 bits per heavy atom. The van der Waals surface area contributed by atoms with E-state index in [0.29, 0.717) is 5.69 Å². The van der Waals surface area contributed by atoms with E-state index in [1.54, 1.807) is 5.38 Å². The van der Waals surface area contributed by atoms with E-state index in [0.717, 1.165) is 11.3 Å². The molecule has 0 aliphatic carbocycles. The molecule has 0 saturated carbocycles. The summed E-state index contributed by atoms with van der Waals surface area (Å²) < 4.78 is 0. The highest BCUT2D eigenvalue weighted by Gasteiger charge is 2.11. The number of nitrogens with zero attached hydrogens (tertiary/aromatic N) is 3. The standard InChI is InChI=1S/C9H7N3O2S/c10-1-3-12(4-2-11)7-5-8(9(13)14)15-6-7/h5-6H,3-4H2,(H,13,14). The fourth-order valence-electron chi connectivity index (χ4n) is 1.01. The number of carboxylic acids is 1. The summed E-state index contributed by atoms with van der Waals surface area (Å²) in [5.74, 6) is -1.000. The van der Waals surface area contributed by atoms with E-state index in [2.05, 4.69) is 0 Å². The number of anilines is 1. The minimum Gasteiger partial charge on any atom is -0.477 e. The van der Waals surface area contributed by atoms with Crippen LogP contribution in [0.2, 0.25) is 0 Å². The third-order valence-electron chi connectivity index (χ3n) is 1.68. The van der Waals surface area contributed by atoms with Gasteiger partial charge in [-0.2, -0.15) is 10.5 Å². The summed E-state index contributed by atoms with van der Waals surface area (Å²) in [6.07, 6.45) is 0. The Labute approximate surface area is 90.4 Å². The molecule has 1 rings (SSSR count). The van der Waals surface area contributed by atoms with Crippen LogP contribution in [0, 0.1) is 22.7 Å². The van der Waals surface area contributed by atoms with Crippen molar-refractivity contribution in [2.24, 2.45) is 0 Å². The molecule has 0 unspecified atom stereocenters. The van der Waals surface area contributed by atoms with E-state index in [-0.39, 0.29) is 18.0 Å². The molecule has 1 heterocycles. The van der Waals surface area contributed by atoms with Gasteiger partial charge >= 0.3 is 5.97 Å². The molecule has 0 atom stereocenters. The first-order valence-corrected chi connectivity index (χ1v) is 4.87. The van der Waals surface area contributed by atoms with Crippen LogP contribution in [-0.2, 0) is 0 Å². The third-order valence-corrected chi connectivity index (χ3v) is 2.59. The van der Waals surface area contributed by atoms with Crippen LogP contribution in [0.1, 0.15) is 9.67 Å². The van der Waals surface area contributed by atoms with Crippen molar-refractivity contribution in [1.29, 1.82) is 10.5 Å². The first-order chi connectivity index (χ1) is 7.19. The van der Waals surface area contributed by atoms with Gasteiger partial charge in [0.2, 0.25) is 0 Å². The zero-order chi connectivity index (χ0) is 11.3. The molecule has 1 aromatic heterocycles. The summed E-state index contributed by atoms with van der Waals surface area (Å²) in [4.78, 5) is 12.3. The molecule has 0 aromatic carbocycles. The van der Waals surface area contributed by atoms with Gasteiger partial charge < -0.3 is 10.0 Å². The minimum atomic E-state index is -1.000. The molecule has 15 heavy (non-hydrogen) atoms. The maximum Gasteiger partial charge on any atom is 0.345 e. The predicted molar refractivity (Wildman–Crippen MR) is 54.7 cm³/mol. The van der Waals surface area contributed by atoms with Crippen LogP contribution in [0.25, 0.3) is 0 Å². The Kier molecular flexibility index (Phi) is 3.67. The van der Waals surface area contributed by atoms with Gasteiger partial charge in [-0.3, -0.25) is 0 Å². The largest absolute Gasteiger partial charge is 0.477 e. The maximum atomic E-state index is 10.6. The highest BCUT2D eigenvalue weighted by Crippen LogP contribution is 2.22. The molecule has 0 aliphatic rings. The van der Waals surface area contributed by atoms with Gasteiger partial charge in [0.25, 0.3) is 0 Å². The summed E-state index contributed by atoms with van der Waals surface area (Å²) >= 11 is 1.08. The minimum absolute atomic E-state index is 0.0728. The van der Waals surface area contributed by atoms with E-state index < -0.39 is 5.97 Å². The monoisotopic (exact) mass is 221 g/mol. The topological polar surface area (TPSA) is 88.1 Å². The number of hydrogen-bond acceptors (Lipinski definition) is 5. The van der Waals surface area contributed by atoms with Crippen molar-refractivity contribution in [2.45, 2.75) is 0 Å². The summed E-state index contributed by atoms with van der Waals surface area (Å²) in [7, 11) is 0. The molecule has 76 valence electrons. The van der Waals surface area contributed by atoms with Crippen molar-refractivity contribution in [1.82, 2.24) is 0 Å². The Morgan fingerprint density at radius 1 is 1.47 bits per heavy atom. The van der Waals surface area contributed by atoms with Crippen LogP contribution in [0.3, 0.4) is 0 Å². The van der Waals surface area contributed by atoms with E-state index in [4.69, 9.17) is 15.6 Å². The second kappa shape index (κ2) is 4.99. The highest BCUT2D eigenvalue weighted by atomic mass is 32.1. The van der Waals surface area contributed by atoms with Crippen LogP contribution in [0.5, 0.6) is 0 Å². The zero-order valence-corrected chi connectivity index (χ0v) is 8.49. The lowest BCUT2D eigenvalue weighted by Gasteiger charge is -2.15. The Hall–Kier alpha value is -2.05. The van der Waals surface area contributed by atoms with Crippen LogP contribution in [0.4, 0.5) is 5.69 Å². The average Bonchev–Trinajstić information content (AvgIpc) is 2.66. The van der Waals surface area contributed by atoms with Crippen LogP contribution in [-0.4, -0.2) is 24.2 Å². The van der Waals surface area contributed by atoms with Gasteiger partial charge in [0, 0.05) is 5.38 Å². The van der Waals surface area contributed by atoms with Crippen molar-refractivity contribution < 1.29 is 9.90 Å². The summed E-state index contributed by atoms with van der Waals surface area (Å²) in [6.45, 7) is 0.146. The molecule has 0 saturated heterocycles. The normalized spacial score (nSPS) is 8.93. The fourth-order valence-corrected chi connectivity index (χ4v) is 1.77. The first kappa shape index (κ1) is 11.0.